The molecule has 29 heavy (non-hydrogen) atoms. The van der Waals surface area contributed by atoms with Crippen LogP contribution in [0.5, 0.6) is 0 Å². The first-order valence-corrected chi connectivity index (χ1v) is 9.34. The Morgan fingerprint density at radius 1 is 1.24 bits per heavy atom. The van der Waals surface area contributed by atoms with Crippen LogP contribution in [0, 0.1) is 0 Å². The van der Waals surface area contributed by atoms with E-state index in [0.29, 0.717) is 19.4 Å². The number of hydrogen-bond donors (Lipinski definition) is 5. The number of nitrogens with two attached hydrogens (primary N) is 3. The molecule has 0 radical (unpaired) electrons. The van der Waals surface area contributed by atoms with Crippen molar-refractivity contribution in [3.63, 3.8) is 0 Å². The van der Waals surface area contributed by atoms with Crippen LogP contribution in [0.25, 0.3) is 0 Å². The monoisotopic (exact) mass is 411 g/mol. The van der Waals surface area contributed by atoms with Gasteiger partial charge in [0.1, 0.15) is 11.9 Å². The van der Waals surface area contributed by atoms with Gasteiger partial charge in [-0.2, -0.15) is 4.98 Å². The first kappa shape index (κ1) is 23.7. The van der Waals surface area contributed by atoms with Gasteiger partial charge < -0.3 is 32.4 Å². The lowest BCUT2D eigenvalue weighted by atomic mass is 10.1. The maximum absolute atomic E-state index is 11.7. The molecule has 0 fully saturated rings. The molecule has 0 spiro atoms. The molecule has 0 aliphatic heterocycles. The van der Waals surface area contributed by atoms with E-state index < -0.39 is 18.1 Å². The van der Waals surface area contributed by atoms with Crippen molar-refractivity contribution >= 4 is 23.8 Å². The molecule has 12 nitrogen and oxygen atoms in total. The highest BCUT2D eigenvalue weighted by Gasteiger charge is 2.20. The second-order valence-electron chi connectivity index (χ2n) is 6.36. The molecule has 162 valence electrons. The van der Waals surface area contributed by atoms with Crippen LogP contribution in [0.3, 0.4) is 0 Å². The highest BCUT2D eigenvalue weighted by atomic mass is 16.5. The number of unbranched alkanes of at least 4 members (excludes halogenated alkanes) is 3. The van der Waals surface area contributed by atoms with Gasteiger partial charge in [-0.15, -0.1) is 0 Å². The fourth-order valence-corrected chi connectivity index (χ4v) is 2.46. The fraction of sp³-hybridized carbons (Fsp3) is 0.588. The Balaban J connectivity index is 2.16. The fourth-order valence-electron chi connectivity index (χ4n) is 2.46. The molecule has 0 saturated carbocycles. The number of anilines is 1. The van der Waals surface area contributed by atoms with Crippen LogP contribution in [-0.2, 0) is 16.1 Å². The normalized spacial score (nSPS) is 11.4. The third-order valence-electron chi connectivity index (χ3n) is 3.96. The zero-order valence-corrected chi connectivity index (χ0v) is 16.2. The molecule has 1 amide bonds. The van der Waals surface area contributed by atoms with E-state index in [0.717, 1.165) is 19.3 Å². The summed E-state index contributed by atoms with van der Waals surface area (Å²) in [7, 11) is 0. The molecule has 0 saturated heterocycles. The van der Waals surface area contributed by atoms with E-state index in [1.54, 1.807) is 12.3 Å². The number of rotatable bonds is 13. The predicted octanol–water partition coefficient (Wildman–Crippen LogP) is -0.381. The van der Waals surface area contributed by atoms with Gasteiger partial charge in [0.15, 0.2) is 5.96 Å². The van der Waals surface area contributed by atoms with Gasteiger partial charge in [-0.25, -0.2) is 14.4 Å². The molecule has 1 rings (SSSR count). The van der Waals surface area contributed by atoms with Crippen molar-refractivity contribution < 1.29 is 19.4 Å². The van der Waals surface area contributed by atoms with E-state index in [9.17, 15) is 14.4 Å². The Hall–Kier alpha value is -3.31. The minimum absolute atomic E-state index is 0.0681. The number of aliphatic imine (C=N–C) groups is 1. The molecular weight excluding hydrogens is 382 g/mol. The number of ether oxygens (including phenoxy) is 1. The summed E-state index contributed by atoms with van der Waals surface area (Å²) in [6, 6.07) is 0.502. The molecule has 0 unspecified atom stereocenters. The van der Waals surface area contributed by atoms with Crippen LogP contribution in [0.2, 0.25) is 0 Å². The molecule has 8 N–H and O–H groups in total. The van der Waals surface area contributed by atoms with Crippen LogP contribution in [0.1, 0.15) is 38.5 Å². The summed E-state index contributed by atoms with van der Waals surface area (Å²) in [6.07, 6.45) is 4.45. The summed E-state index contributed by atoms with van der Waals surface area (Å²) in [4.78, 5) is 41.9. The van der Waals surface area contributed by atoms with Crippen molar-refractivity contribution in [1.29, 1.82) is 0 Å². The van der Waals surface area contributed by atoms with E-state index in [1.807, 2.05) is 0 Å². The Morgan fingerprint density at radius 3 is 2.62 bits per heavy atom. The Kier molecular flexibility index (Phi) is 10.6. The second-order valence-corrected chi connectivity index (χ2v) is 6.36. The number of aromatic nitrogens is 2. The number of carbonyl (C=O) groups excluding carboxylic acids is 1. The van der Waals surface area contributed by atoms with E-state index in [-0.39, 0.29) is 37.0 Å². The highest BCUT2D eigenvalue weighted by molar-refractivity contribution is 5.79. The largest absolute Gasteiger partial charge is 0.480 e. The topological polar surface area (TPSA) is 201 Å². The number of carboxylic acid groups (broad SMARTS) is 1. The average Bonchev–Trinajstić information content (AvgIpc) is 2.64. The number of aryl methyl sites for hydroxylation is 1. The molecule has 0 bridgehead atoms. The number of guanidine groups is 1. The Morgan fingerprint density at radius 2 is 1.97 bits per heavy atom. The maximum Gasteiger partial charge on any atom is 0.407 e. The van der Waals surface area contributed by atoms with Gasteiger partial charge in [0.2, 0.25) is 0 Å². The molecule has 0 aliphatic rings. The summed E-state index contributed by atoms with van der Waals surface area (Å²) in [5, 5.41) is 11.4. The predicted molar refractivity (Wildman–Crippen MR) is 107 cm³/mol. The van der Waals surface area contributed by atoms with Gasteiger partial charge in [-0.1, -0.05) is 6.42 Å². The number of hydrogen-bond acceptors (Lipinski definition) is 7. The molecule has 12 heteroatoms. The van der Waals surface area contributed by atoms with Gasteiger partial charge in [-0.3, -0.25) is 9.56 Å². The molecular formula is C17H29N7O5. The number of nitrogens with one attached hydrogen (secondary N) is 1. The van der Waals surface area contributed by atoms with Crippen LogP contribution in [-0.4, -0.2) is 51.9 Å². The summed E-state index contributed by atoms with van der Waals surface area (Å²) in [5.41, 5.74) is 15.4. The van der Waals surface area contributed by atoms with Crippen molar-refractivity contribution in [3.05, 3.63) is 22.7 Å². The van der Waals surface area contributed by atoms with Crippen LogP contribution in [0.15, 0.2) is 22.1 Å². The zero-order valence-electron chi connectivity index (χ0n) is 16.2. The number of nitrogen functional groups attached to an aromatic ring is 1. The zero-order chi connectivity index (χ0) is 21.6. The third kappa shape index (κ3) is 10.6. The van der Waals surface area contributed by atoms with Crippen LogP contribution in [0.4, 0.5) is 10.6 Å². The SMILES string of the molecule is NC(N)=NCCC[C@H](NC(=O)OCCCCCCn1ccc(N)nc1=O)C(=O)O. The summed E-state index contributed by atoms with van der Waals surface area (Å²) in [6.45, 7) is 0.991. The van der Waals surface area contributed by atoms with Crippen molar-refractivity contribution in [2.24, 2.45) is 16.5 Å². The molecule has 0 aliphatic carbocycles. The van der Waals surface area contributed by atoms with Crippen molar-refractivity contribution in [2.75, 3.05) is 18.9 Å². The molecule has 1 atom stereocenters. The minimum atomic E-state index is -1.15. The molecule has 1 aromatic heterocycles. The van der Waals surface area contributed by atoms with Gasteiger partial charge in [-0.05, 0) is 38.2 Å². The second kappa shape index (κ2) is 13.0. The molecule has 1 heterocycles. The number of nitrogens with zero attached hydrogens (tertiary/aromatic N) is 3. The lowest BCUT2D eigenvalue weighted by Gasteiger charge is -2.14. The minimum Gasteiger partial charge on any atom is -0.480 e. The third-order valence-corrected chi connectivity index (χ3v) is 3.96. The Labute approximate surface area is 168 Å². The van der Waals surface area contributed by atoms with E-state index in [1.165, 1.54) is 4.57 Å². The number of carbonyl (C=O) groups is 2. The van der Waals surface area contributed by atoms with Crippen LogP contribution >= 0.6 is 0 Å². The number of carboxylic acids is 1. The Bertz CT molecular complexity index is 746. The average molecular weight is 411 g/mol. The lowest BCUT2D eigenvalue weighted by molar-refractivity contribution is -0.139. The van der Waals surface area contributed by atoms with Gasteiger partial charge in [0.25, 0.3) is 0 Å². The van der Waals surface area contributed by atoms with E-state index in [2.05, 4.69) is 15.3 Å². The van der Waals surface area contributed by atoms with Crippen LogP contribution < -0.4 is 28.2 Å². The maximum atomic E-state index is 11.7. The first-order chi connectivity index (χ1) is 13.8. The lowest BCUT2D eigenvalue weighted by Crippen LogP contribution is -2.41. The molecule has 1 aromatic rings. The smallest absolute Gasteiger partial charge is 0.407 e. The van der Waals surface area contributed by atoms with E-state index >= 15 is 0 Å². The van der Waals surface area contributed by atoms with Crippen molar-refractivity contribution in [1.82, 2.24) is 14.9 Å². The van der Waals surface area contributed by atoms with E-state index in [4.69, 9.17) is 27.0 Å². The highest BCUT2D eigenvalue weighted by Crippen LogP contribution is 2.03. The quantitative estimate of drug-likeness (QED) is 0.163. The summed E-state index contributed by atoms with van der Waals surface area (Å²) in [5.74, 6) is -1.03. The van der Waals surface area contributed by atoms with Gasteiger partial charge in [0, 0.05) is 19.3 Å². The van der Waals surface area contributed by atoms with Gasteiger partial charge >= 0.3 is 17.8 Å². The summed E-state index contributed by atoms with van der Waals surface area (Å²) >= 11 is 0. The standard InChI is InChI=1S/C17H29N7O5/c18-13-7-10-24(16(27)23-13)9-3-1-2-4-11-29-17(28)22-12(14(25)26)6-5-8-21-15(19)20/h7,10,12H,1-6,8-9,11H2,(H,22,28)(H,25,26)(H2,18,23,27)(H4,19,20,21)/t12-/m0/s1. The number of amides is 1. The van der Waals surface area contributed by atoms with Gasteiger partial charge in [0.05, 0.1) is 6.61 Å². The van der Waals surface area contributed by atoms with Crippen molar-refractivity contribution in [3.8, 4) is 0 Å². The summed E-state index contributed by atoms with van der Waals surface area (Å²) < 4.78 is 6.49. The number of alkyl carbamates (subject to hydrolysis) is 1. The van der Waals surface area contributed by atoms with Crippen molar-refractivity contribution in [2.45, 2.75) is 51.1 Å². The molecule has 0 aromatic carbocycles. The first-order valence-electron chi connectivity index (χ1n) is 9.34. The number of aliphatic carboxylic acids is 1.